The van der Waals surface area contributed by atoms with Crippen LogP contribution in [0.5, 0.6) is 0 Å². The molecule has 2 aliphatic rings. The average Bonchev–Trinajstić information content (AvgIpc) is 3.15. The third-order valence-electron chi connectivity index (χ3n) is 4.68. The van der Waals surface area contributed by atoms with Crippen LogP contribution >= 0.6 is 11.3 Å². The number of hydrogen-bond donors (Lipinski definition) is 1. The molecule has 0 saturated carbocycles. The quantitative estimate of drug-likeness (QED) is 0.905. The maximum absolute atomic E-state index is 12.8. The van der Waals surface area contributed by atoms with Crippen molar-refractivity contribution in [2.24, 2.45) is 5.73 Å². The SMILES string of the molecule is NC(=O)N1CCCC1C(=O)N1CCCN(Cc2cccs2)CC1. The molecular weight excluding hydrogens is 312 g/mol. The number of rotatable bonds is 3. The van der Waals surface area contributed by atoms with Crippen molar-refractivity contribution in [3.05, 3.63) is 22.4 Å². The Kier molecular flexibility index (Phi) is 5.17. The number of nitrogens with zero attached hydrogens (tertiary/aromatic N) is 3. The highest BCUT2D eigenvalue weighted by Crippen LogP contribution is 2.20. The number of likely N-dealkylation sites (tertiary alicyclic amines) is 1. The van der Waals surface area contributed by atoms with E-state index in [9.17, 15) is 9.59 Å². The van der Waals surface area contributed by atoms with Crippen LogP contribution in [-0.4, -0.2) is 65.4 Å². The van der Waals surface area contributed by atoms with Gasteiger partial charge in [-0.25, -0.2) is 4.79 Å². The topological polar surface area (TPSA) is 69.9 Å². The van der Waals surface area contributed by atoms with Crippen molar-refractivity contribution in [1.82, 2.24) is 14.7 Å². The molecule has 2 N–H and O–H groups in total. The maximum atomic E-state index is 12.8. The summed E-state index contributed by atoms with van der Waals surface area (Å²) in [6.45, 7) is 4.94. The first-order valence-electron chi connectivity index (χ1n) is 8.25. The molecule has 1 aromatic rings. The van der Waals surface area contributed by atoms with Crippen molar-refractivity contribution in [2.45, 2.75) is 31.8 Å². The first kappa shape index (κ1) is 16.3. The lowest BCUT2D eigenvalue weighted by Crippen LogP contribution is -2.50. The molecule has 3 amide bonds. The summed E-state index contributed by atoms with van der Waals surface area (Å²) in [7, 11) is 0. The molecule has 0 aliphatic carbocycles. The Morgan fingerprint density at radius 1 is 1.17 bits per heavy atom. The molecule has 0 spiro atoms. The van der Waals surface area contributed by atoms with Gasteiger partial charge in [0, 0.05) is 44.1 Å². The van der Waals surface area contributed by atoms with E-state index in [-0.39, 0.29) is 11.9 Å². The molecule has 23 heavy (non-hydrogen) atoms. The van der Waals surface area contributed by atoms with Crippen molar-refractivity contribution in [2.75, 3.05) is 32.7 Å². The predicted molar refractivity (Wildman–Crippen MR) is 90.1 cm³/mol. The fourth-order valence-electron chi connectivity index (χ4n) is 3.47. The molecule has 1 unspecified atom stereocenters. The Morgan fingerprint density at radius 3 is 2.78 bits per heavy atom. The average molecular weight is 336 g/mol. The molecule has 0 radical (unpaired) electrons. The van der Waals surface area contributed by atoms with Gasteiger partial charge in [-0.15, -0.1) is 11.3 Å². The largest absolute Gasteiger partial charge is 0.351 e. The van der Waals surface area contributed by atoms with Gasteiger partial charge >= 0.3 is 6.03 Å². The molecule has 2 aliphatic heterocycles. The molecule has 2 fully saturated rings. The van der Waals surface area contributed by atoms with Gasteiger partial charge in [0.25, 0.3) is 0 Å². The van der Waals surface area contributed by atoms with Crippen molar-refractivity contribution in [3.8, 4) is 0 Å². The molecule has 1 atom stereocenters. The predicted octanol–water partition coefficient (Wildman–Crippen LogP) is 1.33. The lowest BCUT2D eigenvalue weighted by Gasteiger charge is -2.28. The van der Waals surface area contributed by atoms with Gasteiger partial charge in [-0.1, -0.05) is 6.07 Å². The van der Waals surface area contributed by atoms with Crippen LogP contribution in [0.15, 0.2) is 17.5 Å². The monoisotopic (exact) mass is 336 g/mol. The van der Waals surface area contributed by atoms with Gasteiger partial charge in [0.15, 0.2) is 0 Å². The minimum atomic E-state index is -0.477. The number of amides is 3. The Labute approximate surface area is 140 Å². The van der Waals surface area contributed by atoms with Crippen LogP contribution in [-0.2, 0) is 11.3 Å². The van der Waals surface area contributed by atoms with Crippen LogP contribution in [0.3, 0.4) is 0 Å². The van der Waals surface area contributed by atoms with E-state index in [0.29, 0.717) is 6.54 Å². The Bertz CT molecular complexity index is 548. The van der Waals surface area contributed by atoms with Crippen LogP contribution in [0.4, 0.5) is 4.79 Å². The van der Waals surface area contributed by atoms with E-state index in [1.54, 1.807) is 11.3 Å². The zero-order chi connectivity index (χ0) is 16.2. The van der Waals surface area contributed by atoms with E-state index in [2.05, 4.69) is 22.4 Å². The first-order chi connectivity index (χ1) is 11.1. The lowest BCUT2D eigenvalue weighted by molar-refractivity contribution is -0.135. The molecule has 1 aromatic heterocycles. The van der Waals surface area contributed by atoms with Gasteiger partial charge in [-0.05, 0) is 30.7 Å². The third kappa shape index (κ3) is 3.84. The van der Waals surface area contributed by atoms with Crippen molar-refractivity contribution >= 4 is 23.3 Å². The van der Waals surface area contributed by atoms with E-state index < -0.39 is 6.03 Å². The van der Waals surface area contributed by atoms with Crippen LogP contribution in [0, 0.1) is 0 Å². The number of urea groups is 1. The van der Waals surface area contributed by atoms with Gasteiger partial charge in [0.05, 0.1) is 0 Å². The zero-order valence-electron chi connectivity index (χ0n) is 13.3. The van der Waals surface area contributed by atoms with Crippen molar-refractivity contribution in [1.29, 1.82) is 0 Å². The molecule has 0 bridgehead atoms. The molecular formula is C16H24N4O2S. The summed E-state index contributed by atoms with van der Waals surface area (Å²) in [4.78, 5) is 31.4. The maximum Gasteiger partial charge on any atom is 0.315 e. The number of hydrogen-bond acceptors (Lipinski definition) is 4. The Balaban J connectivity index is 1.57. The van der Waals surface area contributed by atoms with Crippen LogP contribution < -0.4 is 5.73 Å². The van der Waals surface area contributed by atoms with E-state index >= 15 is 0 Å². The number of nitrogens with two attached hydrogens (primary N) is 1. The van der Waals surface area contributed by atoms with E-state index in [4.69, 9.17) is 5.73 Å². The summed E-state index contributed by atoms with van der Waals surface area (Å²) < 4.78 is 0. The minimum absolute atomic E-state index is 0.0688. The second kappa shape index (κ2) is 7.31. The Hall–Kier alpha value is -1.60. The molecule has 6 nitrogen and oxygen atoms in total. The van der Waals surface area contributed by atoms with E-state index in [0.717, 1.165) is 52.0 Å². The summed E-state index contributed by atoms with van der Waals surface area (Å²) in [5.41, 5.74) is 5.39. The standard InChI is InChI=1S/C16H24N4O2S/c17-16(22)20-8-1-5-14(20)15(21)19-7-3-6-18(9-10-19)12-13-4-2-11-23-13/h2,4,11,14H,1,3,5-10,12H2,(H2,17,22). The van der Waals surface area contributed by atoms with Crippen LogP contribution in [0.1, 0.15) is 24.1 Å². The molecule has 0 aromatic carbocycles. The van der Waals surface area contributed by atoms with Gasteiger partial charge in [-0.3, -0.25) is 9.69 Å². The van der Waals surface area contributed by atoms with Gasteiger partial charge in [0.2, 0.25) is 5.91 Å². The summed E-state index contributed by atoms with van der Waals surface area (Å²) in [5, 5.41) is 2.10. The Morgan fingerprint density at radius 2 is 2.04 bits per heavy atom. The zero-order valence-corrected chi connectivity index (χ0v) is 14.1. The van der Waals surface area contributed by atoms with Gasteiger partial charge in [0.1, 0.15) is 6.04 Å². The highest BCUT2D eigenvalue weighted by molar-refractivity contribution is 7.09. The molecule has 126 valence electrons. The van der Waals surface area contributed by atoms with Crippen LogP contribution in [0.2, 0.25) is 0 Å². The van der Waals surface area contributed by atoms with Gasteiger partial charge in [-0.2, -0.15) is 0 Å². The molecule has 7 heteroatoms. The summed E-state index contributed by atoms with van der Waals surface area (Å²) in [6, 6.07) is 3.40. The first-order valence-corrected chi connectivity index (χ1v) is 9.13. The summed E-state index contributed by atoms with van der Waals surface area (Å²) in [5.74, 6) is 0.0688. The van der Waals surface area contributed by atoms with Crippen LogP contribution in [0.25, 0.3) is 0 Å². The van der Waals surface area contributed by atoms with E-state index in [1.807, 2.05) is 4.90 Å². The van der Waals surface area contributed by atoms with Gasteiger partial charge < -0.3 is 15.5 Å². The second-order valence-electron chi connectivity index (χ2n) is 6.22. The van der Waals surface area contributed by atoms with E-state index in [1.165, 1.54) is 9.78 Å². The minimum Gasteiger partial charge on any atom is -0.351 e. The highest BCUT2D eigenvalue weighted by atomic mass is 32.1. The number of carbonyl (C=O) groups is 2. The van der Waals surface area contributed by atoms with Crippen molar-refractivity contribution in [3.63, 3.8) is 0 Å². The highest BCUT2D eigenvalue weighted by Gasteiger charge is 2.36. The fraction of sp³-hybridized carbons (Fsp3) is 0.625. The second-order valence-corrected chi connectivity index (χ2v) is 7.26. The number of primary amides is 1. The fourth-order valence-corrected chi connectivity index (χ4v) is 4.22. The smallest absolute Gasteiger partial charge is 0.315 e. The molecule has 2 saturated heterocycles. The molecule has 3 heterocycles. The summed E-state index contributed by atoms with van der Waals surface area (Å²) in [6.07, 6.45) is 2.56. The number of thiophene rings is 1. The third-order valence-corrected chi connectivity index (χ3v) is 5.54. The normalized spacial score (nSPS) is 23.0. The summed E-state index contributed by atoms with van der Waals surface area (Å²) >= 11 is 1.77. The van der Waals surface area contributed by atoms with Crippen molar-refractivity contribution < 1.29 is 9.59 Å². The lowest BCUT2D eigenvalue weighted by atomic mass is 10.2. The number of carbonyl (C=O) groups excluding carboxylic acids is 2. The molecule has 3 rings (SSSR count).